The highest BCUT2D eigenvalue weighted by atomic mass is 16.5. The van der Waals surface area contributed by atoms with Crippen molar-refractivity contribution in [3.8, 4) is 0 Å². The summed E-state index contributed by atoms with van der Waals surface area (Å²) in [5.41, 5.74) is 3.25. The number of nitrogen functional groups attached to an aromatic ring is 1. The number of nitrogens with zero attached hydrogens (tertiary/aromatic N) is 3. The van der Waals surface area contributed by atoms with Crippen LogP contribution in [0, 0.1) is 6.92 Å². The maximum Gasteiger partial charge on any atom is 0.239 e. The SMILES string of the molecule is COCCNC(=O)CN(C)c1nc(NN)ncc1C. The zero-order valence-electron chi connectivity index (χ0n) is 11.4. The van der Waals surface area contributed by atoms with Crippen molar-refractivity contribution >= 4 is 17.7 Å². The molecule has 0 fully saturated rings. The fourth-order valence-electron chi connectivity index (χ4n) is 1.53. The van der Waals surface area contributed by atoms with Crippen LogP contribution < -0.4 is 21.5 Å². The third-order valence-electron chi connectivity index (χ3n) is 2.44. The van der Waals surface area contributed by atoms with Gasteiger partial charge < -0.3 is 15.0 Å². The van der Waals surface area contributed by atoms with Gasteiger partial charge in [-0.2, -0.15) is 4.98 Å². The second-order valence-corrected chi connectivity index (χ2v) is 4.04. The molecule has 8 nitrogen and oxygen atoms in total. The number of hydrogen-bond acceptors (Lipinski definition) is 7. The zero-order chi connectivity index (χ0) is 14.3. The summed E-state index contributed by atoms with van der Waals surface area (Å²) in [5.74, 6) is 6.14. The van der Waals surface area contributed by atoms with E-state index in [1.165, 1.54) is 0 Å². The van der Waals surface area contributed by atoms with Crippen LogP contribution in [0.15, 0.2) is 6.20 Å². The second kappa shape index (κ2) is 7.49. The molecule has 1 heterocycles. The quantitative estimate of drug-likeness (QED) is 0.340. The Morgan fingerprint density at radius 3 is 2.95 bits per heavy atom. The van der Waals surface area contributed by atoms with Crippen LogP contribution in [0.25, 0.3) is 0 Å². The lowest BCUT2D eigenvalue weighted by atomic mass is 10.3. The van der Waals surface area contributed by atoms with Gasteiger partial charge in [-0.15, -0.1) is 0 Å². The first-order valence-corrected chi connectivity index (χ1v) is 5.85. The van der Waals surface area contributed by atoms with E-state index in [4.69, 9.17) is 10.6 Å². The third kappa shape index (κ3) is 4.68. The number of carbonyl (C=O) groups is 1. The molecule has 0 bridgehead atoms. The van der Waals surface area contributed by atoms with Gasteiger partial charge in [0, 0.05) is 32.5 Å². The van der Waals surface area contributed by atoms with Crippen LogP contribution in [-0.2, 0) is 9.53 Å². The third-order valence-corrected chi connectivity index (χ3v) is 2.44. The average molecular weight is 268 g/mol. The van der Waals surface area contributed by atoms with Gasteiger partial charge in [0.15, 0.2) is 0 Å². The van der Waals surface area contributed by atoms with Crippen LogP contribution >= 0.6 is 0 Å². The molecule has 0 atom stereocenters. The smallest absolute Gasteiger partial charge is 0.239 e. The summed E-state index contributed by atoms with van der Waals surface area (Å²) in [4.78, 5) is 21.6. The molecule has 1 aromatic heterocycles. The number of nitrogens with one attached hydrogen (secondary N) is 2. The summed E-state index contributed by atoms with van der Waals surface area (Å²) >= 11 is 0. The fraction of sp³-hybridized carbons (Fsp3) is 0.545. The highest BCUT2D eigenvalue weighted by molar-refractivity contribution is 5.81. The van der Waals surface area contributed by atoms with Crippen molar-refractivity contribution in [1.82, 2.24) is 15.3 Å². The maximum atomic E-state index is 11.7. The topological polar surface area (TPSA) is 105 Å². The van der Waals surface area contributed by atoms with Crippen LogP contribution in [0.2, 0.25) is 0 Å². The van der Waals surface area contributed by atoms with Crippen molar-refractivity contribution in [1.29, 1.82) is 0 Å². The lowest BCUT2D eigenvalue weighted by Crippen LogP contribution is -2.37. The molecular formula is C11H20N6O2. The first-order chi connectivity index (χ1) is 9.08. The Morgan fingerprint density at radius 1 is 1.58 bits per heavy atom. The lowest BCUT2D eigenvalue weighted by molar-refractivity contribution is -0.119. The predicted octanol–water partition coefficient (Wildman–Crippen LogP) is -0.731. The Balaban J connectivity index is 2.61. The summed E-state index contributed by atoms with van der Waals surface area (Å²) in [6, 6.07) is 0. The van der Waals surface area contributed by atoms with E-state index in [0.717, 1.165) is 5.56 Å². The Hall–Kier alpha value is -1.93. The molecule has 19 heavy (non-hydrogen) atoms. The molecule has 0 saturated carbocycles. The molecule has 8 heteroatoms. The van der Waals surface area contributed by atoms with E-state index in [1.807, 2.05) is 6.92 Å². The van der Waals surface area contributed by atoms with Gasteiger partial charge in [0.1, 0.15) is 5.82 Å². The van der Waals surface area contributed by atoms with Gasteiger partial charge in [0.05, 0.1) is 13.2 Å². The molecule has 0 unspecified atom stereocenters. The monoisotopic (exact) mass is 268 g/mol. The van der Waals surface area contributed by atoms with E-state index in [2.05, 4.69) is 20.7 Å². The molecule has 1 rings (SSSR count). The highest BCUT2D eigenvalue weighted by Gasteiger charge is 2.11. The second-order valence-electron chi connectivity index (χ2n) is 4.04. The van der Waals surface area contributed by atoms with Crippen molar-refractivity contribution in [2.45, 2.75) is 6.92 Å². The number of ether oxygens (including phenoxy) is 1. The highest BCUT2D eigenvalue weighted by Crippen LogP contribution is 2.15. The van der Waals surface area contributed by atoms with E-state index < -0.39 is 0 Å². The van der Waals surface area contributed by atoms with Crippen molar-refractivity contribution < 1.29 is 9.53 Å². The first kappa shape index (κ1) is 15.1. The molecule has 1 aromatic rings. The normalized spacial score (nSPS) is 10.1. The van der Waals surface area contributed by atoms with Crippen molar-refractivity contribution in [2.75, 3.05) is 44.2 Å². The number of anilines is 2. The fourth-order valence-corrected chi connectivity index (χ4v) is 1.53. The van der Waals surface area contributed by atoms with Crippen LogP contribution in [0.3, 0.4) is 0 Å². The predicted molar refractivity (Wildman–Crippen MR) is 72.7 cm³/mol. The number of rotatable bonds is 7. The van der Waals surface area contributed by atoms with Crippen LogP contribution in [0.1, 0.15) is 5.56 Å². The van der Waals surface area contributed by atoms with Crippen LogP contribution in [-0.4, -0.2) is 49.7 Å². The van der Waals surface area contributed by atoms with E-state index in [0.29, 0.717) is 24.9 Å². The minimum absolute atomic E-state index is 0.0974. The van der Waals surface area contributed by atoms with E-state index >= 15 is 0 Å². The molecule has 0 aliphatic carbocycles. The molecule has 0 radical (unpaired) electrons. The molecule has 4 N–H and O–H groups in total. The number of nitrogens with two attached hydrogens (primary N) is 1. The number of hydrazine groups is 1. The number of aromatic nitrogens is 2. The van der Waals surface area contributed by atoms with Gasteiger partial charge in [-0.05, 0) is 6.92 Å². The number of hydrogen-bond donors (Lipinski definition) is 3. The Labute approximate surface area is 112 Å². The Bertz CT molecular complexity index is 426. The Morgan fingerprint density at radius 2 is 2.32 bits per heavy atom. The lowest BCUT2D eigenvalue weighted by Gasteiger charge is -2.19. The average Bonchev–Trinajstić information content (AvgIpc) is 2.39. The molecule has 0 aromatic carbocycles. The van der Waals surface area contributed by atoms with Crippen molar-refractivity contribution in [3.63, 3.8) is 0 Å². The summed E-state index contributed by atoms with van der Waals surface area (Å²) in [6.07, 6.45) is 1.65. The molecule has 0 aliphatic rings. The largest absolute Gasteiger partial charge is 0.383 e. The van der Waals surface area contributed by atoms with Crippen molar-refractivity contribution in [2.24, 2.45) is 5.84 Å². The zero-order valence-corrected chi connectivity index (χ0v) is 11.4. The molecule has 1 amide bonds. The molecule has 106 valence electrons. The molecule has 0 saturated heterocycles. The van der Waals surface area contributed by atoms with E-state index in [9.17, 15) is 4.79 Å². The summed E-state index contributed by atoms with van der Waals surface area (Å²) in [7, 11) is 3.37. The van der Waals surface area contributed by atoms with Gasteiger partial charge in [-0.1, -0.05) is 0 Å². The maximum absolute atomic E-state index is 11.7. The first-order valence-electron chi connectivity index (χ1n) is 5.85. The number of methoxy groups -OCH3 is 1. The van der Waals surface area contributed by atoms with Gasteiger partial charge >= 0.3 is 0 Å². The number of likely N-dealkylation sites (N-methyl/N-ethyl adjacent to an activating group) is 1. The van der Waals surface area contributed by atoms with Gasteiger partial charge in [-0.3, -0.25) is 10.2 Å². The van der Waals surface area contributed by atoms with Gasteiger partial charge in [0.2, 0.25) is 11.9 Å². The van der Waals surface area contributed by atoms with Gasteiger partial charge in [0.25, 0.3) is 0 Å². The molecule has 0 spiro atoms. The van der Waals surface area contributed by atoms with Crippen molar-refractivity contribution in [3.05, 3.63) is 11.8 Å². The summed E-state index contributed by atoms with van der Waals surface area (Å²) < 4.78 is 4.86. The van der Waals surface area contributed by atoms with Gasteiger partial charge in [-0.25, -0.2) is 10.8 Å². The van der Waals surface area contributed by atoms with E-state index in [1.54, 1.807) is 25.3 Å². The minimum atomic E-state index is -0.0974. The van der Waals surface area contributed by atoms with Crippen LogP contribution in [0.4, 0.5) is 11.8 Å². The molecule has 0 aliphatic heterocycles. The minimum Gasteiger partial charge on any atom is -0.383 e. The number of carbonyl (C=O) groups excluding carboxylic acids is 1. The Kier molecular flexibility index (Phi) is 5.97. The molecular weight excluding hydrogens is 248 g/mol. The summed E-state index contributed by atoms with van der Waals surface area (Å²) in [6.45, 7) is 3.05. The number of aryl methyl sites for hydroxylation is 1. The van der Waals surface area contributed by atoms with Crippen LogP contribution in [0.5, 0.6) is 0 Å². The number of amides is 1. The van der Waals surface area contributed by atoms with E-state index in [-0.39, 0.29) is 12.5 Å². The standard InChI is InChI=1S/C11H20N6O2/c1-8-6-14-11(16-12)15-10(8)17(2)7-9(18)13-4-5-19-3/h6H,4-5,7,12H2,1-3H3,(H,13,18)(H,14,15,16). The summed E-state index contributed by atoms with van der Waals surface area (Å²) in [5, 5.41) is 2.74.